The fraction of sp³-hybridized carbons (Fsp3) is 0.444. The van der Waals surface area contributed by atoms with Gasteiger partial charge in [-0.3, -0.25) is 14.4 Å². The van der Waals surface area contributed by atoms with Crippen LogP contribution in [0.1, 0.15) is 66.6 Å². The lowest BCUT2D eigenvalue weighted by atomic mass is 9.99. The van der Waals surface area contributed by atoms with Crippen LogP contribution in [0.25, 0.3) is 0 Å². The summed E-state index contributed by atoms with van der Waals surface area (Å²) in [6.07, 6.45) is -7.67. The van der Waals surface area contributed by atoms with Gasteiger partial charge in [-0.2, -0.15) is 26.3 Å². The first kappa shape index (κ1) is 29.3. The lowest BCUT2D eigenvalue weighted by Gasteiger charge is -2.31. The van der Waals surface area contributed by atoms with Crippen molar-refractivity contribution in [3.8, 4) is 0 Å². The van der Waals surface area contributed by atoms with E-state index in [0.717, 1.165) is 18.2 Å². The molecule has 2 fully saturated rings. The van der Waals surface area contributed by atoms with Crippen LogP contribution in [0, 0.1) is 11.7 Å². The fourth-order valence-electron chi connectivity index (χ4n) is 5.04. The Balaban J connectivity index is 1.59. The molecule has 0 spiro atoms. The molecule has 13 heteroatoms. The number of carbonyl (C=O) groups is 3. The number of nitrogens with one attached hydrogen (secondary N) is 2. The SMILES string of the molecule is CC[C@@H]1CC[C@H](C(=O)NC(c2ccc(C(F)(F)F)cc2F)C2CC2)N1C(=O)c1ccccc1NC(=O)C(F)(F)F. The van der Waals surface area contributed by atoms with E-state index in [4.69, 9.17) is 0 Å². The van der Waals surface area contributed by atoms with E-state index in [0.29, 0.717) is 31.7 Å². The minimum absolute atomic E-state index is 0.105. The van der Waals surface area contributed by atoms with Gasteiger partial charge in [-0.1, -0.05) is 25.1 Å². The van der Waals surface area contributed by atoms with Gasteiger partial charge in [0.05, 0.1) is 22.9 Å². The number of carbonyl (C=O) groups excluding carboxylic acids is 3. The maximum Gasteiger partial charge on any atom is 0.471 e. The average molecular weight is 574 g/mol. The first-order valence-corrected chi connectivity index (χ1v) is 12.7. The third-order valence-electron chi connectivity index (χ3n) is 7.23. The summed E-state index contributed by atoms with van der Waals surface area (Å²) in [6, 6.07) is 4.79. The molecule has 2 N–H and O–H groups in total. The van der Waals surface area contributed by atoms with E-state index in [1.54, 1.807) is 12.2 Å². The summed E-state index contributed by atoms with van der Waals surface area (Å²) < 4.78 is 92.4. The number of hydrogen-bond donors (Lipinski definition) is 2. The smallest absolute Gasteiger partial charge is 0.347 e. The van der Waals surface area contributed by atoms with E-state index in [-0.39, 0.29) is 29.2 Å². The molecule has 2 aliphatic rings. The molecule has 1 aliphatic carbocycles. The molecule has 2 aromatic rings. The van der Waals surface area contributed by atoms with Crippen LogP contribution in [-0.4, -0.2) is 40.9 Å². The lowest BCUT2D eigenvalue weighted by Crippen LogP contribution is -2.50. The average Bonchev–Trinajstić information content (AvgIpc) is 3.63. The third-order valence-corrected chi connectivity index (χ3v) is 7.23. The maximum atomic E-state index is 14.8. The van der Waals surface area contributed by atoms with Crippen molar-refractivity contribution < 1.29 is 45.1 Å². The standard InChI is InChI=1S/C27H26F7N3O3/c1-2-16-10-12-21(37(16)24(39)18-5-3-4-6-20(18)35-25(40)27(32,33)34)23(38)36-22(14-7-8-14)17-11-9-15(13-19(17)28)26(29,30)31/h3-6,9,11,13-14,16,21-22H,2,7-8,10,12H2,1H3,(H,35,40)(H,36,38)/t16-,21-,22?/m1/s1. The van der Waals surface area contributed by atoms with E-state index in [2.05, 4.69) is 5.32 Å². The zero-order valence-electron chi connectivity index (χ0n) is 21.2. The quantitative estimate of drug-likeness (QED) is 0.399. The van der Waals surface area contributed by atoms with Gasteiger partial charge in [-0.05, 0) is 62.3 Å². The largest absolute Gasteiger partial charge is 0.471 e. The van der Waals surface area contributed by atoms with Gasteiger partial charge in [-0.15, -0.1) is 0 Å². The summed E-state index contributed by atoms with van der Waals surface area (Å²) in [7, 11) is 0. The van der Waals surface area contributed by atoms with Crippen molar-refractivity contribution in [2.75, 3.05) is 5.32 Å². The zero-order valence-corrected chi connectivity index (χ0v) is 21.2. The Bertz CT molecular complexity index is 1290. The molecule has 0 radical (unpaired) electrons. The molecular weight excluding hydrogens is 547 g/mol. The summed E-state index contributed by atoms with van der Waals surface area (Å²) >= 11 is 0. The van der Waals surface area contributed by atoms with Crippen molar-refractivity contribution in [3.63, 3.8) is 0 Å². The Morgan fingerprint density at radius 1 is 0.975 bits per heavy atom. The molecule has 1 saturated carbocycles. The van der Waals surface area contributed by atoms with Gasteiger partial charge in [0.1, 0.15) is 11.9 Å². The summed E-state index contributed by atoms with van der Waals surface area (Å²) in [4.78, 5) is 39.9. The lowest BCUT2D eigenvalue weighted by molar-refractivity contribution is -0.167. The molecule has 0 aromatic heterocycles. The number of nitrogens with zero attached hydrogens (tertiary/aromatic N) is 1. The van der Waals surface area contributed by atoms with Crippen molar-refractivity contribution in [2.45, 2.75) is 69.5 Å². The Labute approximate surface area is 224 Å². The predicted molar refractivity (Wildman–Crippen MR) is 129 cm³/mol. The highest BCUT2D eigenvalue weighted by molar-refractivity contribution is 6.06. The van der Waals surface area contributed by atoms with Crippen molar-refractivity contribution in [2.24, 2.45) is 5.92 Å². The molecule has 216 valence electrons. The number of hydrogen-bond acceptors (Lipinski definition) is 3. The van der Waals surface area contributed by atoms with Crippen LogP contribution >= 0.6 is 0 Å². The molecule has 0 bridgehead atoms. The normalized spacial score (nSPS) is 20.2. The number of halogens is 7. The second-order valence-electron chi connectivity index (χ2n) is 9.92. The van der Waals surface area contributed by atoms with Crippen molar-refractivity contribution in [1.29, 1.82) is 0 Å². The van der Waals surface area contributed by atoms with E-state index in [9.17, 15) is 45.1 Å². The van der Waals surface area contributed by atoms with Gasteiger partial charge in [0.2, 0.25) is 5.91 Å². The minimum atomic E-state index is -5.19. The number of alkyl halides is 6. The van der Waals surface area contributed by atoms with Crippen LogP contribution in [-0.2, 0) is 15.8 Å². The van der Waals surface area contributed by atoms with Gasteiger partial charge < -0.3 is 15.5 Å². The van der Waals surface area contributed by atoms with Gasteiger partial charge in [0.25, 0.3) is 5.91 Å². The number of anilines is 1. The summed E-state index contributed by atoms with van der Waals surface area (Å²) in [5.41, 5.74) is -1.89. The van der Waals surface area contributed by atoms with Gasteiger partial charge in [0, 0.05) is 11.6 Å². The van der Waals surface area contributed by atoms with Crippen LogP contribution in [0.4, 0.5) is 36.4 Å². The summed E-state index contributed by atoms with van der Waals surface area (Å²) in [5.74, 6) is -5.02. The Kier molecular flexibility index (Phi) is 8.13. The topological polar surface area (TPSA) is 78.5 Å². The molecular formula is C27H26F7N3O3. The molecule has 1 unspecified atom stereocenters. The zero-order chi connectivity index (χ0) is 29.4. The number of rotatable bonds is 7. The molecule has 1 aliphatic heterocycles. The number of likely N-dealkylation sites (tertiary alicyclic amines) is 1. The van der Waals surface area contributed by atoms with Gasteiger partial charge in [0.15, 0.2) is 0 Å². The molecule has 1 saturated heterocycles. The van der Waals surface area contributed by atoms with Crippen LogP contribution in [0.15, 0.2) is 42.5 Å². The first-order valence-electron chi connectivity index (χ1n) is 12.7. The third kappa shape index (κ3) is 6.23. The Morgan fingerprint density at radius 2 is 1.65 bits per heavy atom. The molecule has 3 amide bonds. The number of para-hydroxylation sites is 1. The van der Waals surface area contributed by atoms with Crippen molar-refractivity contribution in [3.05, 3.63) is 65.0 Å². The maximum absolute atomic E-state index is 14.8. The molecule has 4 rings (SSSR count). The van der Waals surface area contributed by atoms with Gasteiger partial charge >= 0.3 is 18.3 Å². The highest BCUT2D eigenvalue weighted by Gasteiger charge is 2.44. The molecule has 1 heterocycles. The van der Waals surface area contributed by atoms with E-state index in [1.807, 2.05) is 0 Å². The molecule has 6 nitrogen and oxygen atoms in total. The number of amides is 3. The van der Waals surface area contributed by atoms with E-state index in [1.165, 1.54) is 23.1 Å². The Morgan fingerprint density at radius 3 is 2.23 bits per heavy atom. The van der Waals surface area contributed by atoms with Crippen LogP contribution in [0.3, 0.4) is 0 Å². The van der Waals surface area contributed by atoms with Crippen LogP contribution in [0.2, 0.25) is 0 Å². The van der Waals surface area contributed by atoms with Crippen molar-refractivity contribution >= 4 is 23.4 Å². The van der Waals surface area contributed by atoms with Crippen molar-refractivity contribution in [1.82, 2.24) is 10.2 Å². The Hall–Kier alpha value is -3.64. The van der Waals surface area contributed by atoms with E-state index < -0.39 is 59.6 Å². The highest BCUT2D eigenvalue weighted by Crippen LogP contribution is 2.43. The number of benzene rings is 2. The minimum Gasteiger partial charge on any atom is -0.347 e. The molecule has 3 atom stereocenters. The van der Waals surface area contributed by atoms with E-state index >= 15 is 0 Å². The molecule has 2 aromatic carbocycles. The molecule has 40 heavy (non-hydrogen) atoms. The second-order valence-corrected chi connectivity index (χ2v) is 9.92. The van der Waals surface area contributed by atoms with Crippen LogP contribution in [0.5, 0.6) is 0 Å². The predicted octanol–water partition coefficient (Wildman–Crippen LogP) is 6.00. The fourth-order valence-corrected chi connectivity index (χ4v) is 5.04. The summed E-state index contributed by atoms with van der Waals surface area (Å²) in [5, 5.41) is 4.41. The van der Waals surface area contributed by atoms with Gasteiger partial charge in [-0.25, -0.2) is 4.39 Å². The first-order chi connectivity index (χ1) is 18.7. The highest BCUT2D eigenvalue weighted by atomic mass is 19.4. The monoisotopic (exact) mass is 573 g/mol. The van der Waals surface area contributed by atoms with Crippen LogP contribution < -0.4 is 10.6 Å². The second kappa shape index (κ2) is 11.1. The summed E-state index contributed by atoms with van der Waals surface area (Å²) in [6.45, 7) is 1.77.